The first-order chi connectivity index (χ1) is 15.3. The lowest BCUT2D eigenvalue weighted by Gasteiger charge is -2.22. The molecular formula is C30H43N2+. The van der Waals surface area contributed by atoms with Crippen molar-refractivity contribution in [1.82, 2.24) is 4.57 Å². The fourth-order valence-electron chi connectivity index (χ4n) is 5.44. The zero-order valence-corrected chi connectivity index (χ0v) is 21.6. The van der Waals surface area contributed by atoms with Gasteiger partial charge in [0.05, 0.1) is 19.7 Å². The van der Waals surface area contributed by atoms with Crippen LogP contribution in [0, 0.1) is 20.8 Å². The van der Waals surface area contributed by atoms with Gasteiger partial charge < -0.3 is 0 Å². The summed E-state index contributed by atoms with van der Waals surface area (Å²) < 4.78 is 4.83. The van der Waals surface area contributed by atoms with E-state index in [2.05, 4.69) is 107 Å². The van der Waals surface area contributed by atoms with Crippen LogP contribution in [0.25, 0.3) is 11.4 Å². The summed E-state index contributed by atoms with van der Waals surface area (Å²) in [6.45, 7) is 13.8. The molecule has 0 radical (unpaired) electrons. The van der Waals surface area contributed by atoms with Crippen LogP contribution in [0.15, 0.2) is 42.5 Å². The Morgan fingerprint density at radius 1 is 0.938 bits per heavy atom. The lowest BCUT2D eigenvalue weighted by atomic mass is 9.83. The molecule has 3 aromatic rings. The lowest BCUT2D eigenvalue weighted by molar-refractivity contribution is -0.667. The van der Waals surface area contributed by atoms with Crippen molar-refractivity contribution in [2.45, 2.75) is 85.5 Å². The van der Waals surface area contributed by atoms with Crippen molar-refractivity contribution in [2.75, 3.05) is 0 Å². The number of hydrogen-bond donors (Lipinski definition) is 0. The van der Waals surface area contributed by atoms with Crippen LogP contribution in [0.2, 0.25) is 0 Å². The third kappa shape index (κ3) is 4.85. The second-order valence-electron chi connectivity index (χ2n) is 9.76. The monoisotopic (exact) mass is 431 g/mol. The zero-order valence-electron chi connectivity index (χ0n) is 21.6. The van der Waals surface area contributed by atoms with Gasteiger partial charge in [-0.05, 0) is 67.2 Å². The van der Waals surface area contributed by atoms with Crippen LogP contribution >= 0.6 is 0 Å². The minimum Gasteiger partial charge on any atom is -0.230 e. The zero-order chi connectivity index (χ0) is 23.4. The Hall–Kier alpha value is -2.35. The first kappa shape index (κ1) is 24.3. The van der Waals surface area contributed by atoms with E-state index in [1.165, 1.54) is 70.7 Å². The van der Waals surface area contributed by atoms with E-state index in [0.29, 0.717) is 11.8 Å². The van der Waals surface area contributed by atoms with Gasteiger partial charge in [0.15, 0.2) is 0 Å². The molecule has 0 N–H and O–H groups in total. The van der Waals surface area contributed by atoms with Gasteiger partial charge in [0.1, 0.15) is 11.4 Å². The van der Waals surface area contributed by atoms with Crippen LogP contribution < -0.4 is 4.57 Å². The molecule has 3 rings (SSSR count). The Morgan fingerprint density at radius 3 is 2.12 bits per heavy atom. The molecule has 2 unspecified atom stereocenters. The highest BCUT2D eigenvalue weighted by Gasteiger charge is 2.27. The van der Waals surface area contributed by atoms with E-state index in [9.17, 15) is 0 Å². The molecular weight excluding hydrogens is 388 g/mol. The summed E-state index contributed by atoms with van der Waals surface area (Å²) in [5.74, 6) is 2.48. The summed E-state index contributed by atoms with van der Waals surface area (Å²) in [5.41, 5.74) is 9.97. The van der Waals surface area contributed by atoms with E-state index < -0.39 is 0 Å². The maximum atomic E-state index is 2.44. The smallest absolute Gasteiger partial charge is 0.230 e. The van der Waals surface area contributed by atoms with Gasteiger partial charge in [-0.25, -0.2) is 9.13 Å². The minimum atomic E-state index is 0.538. The van der Waals surface area contributed by atoms with Gasteiger partial charge in [-0.1, -0.05) is 69.7 Å². The second-order valence-corrected chi connectivity index (χ2v) is 9.76. The molecule has 2 atom stereocenters. The lowest BCUT2D eigenvalue weighted by Crippen LogP contribution is -2.34. The maximum absolute atomic E-state index is 2.44. The molecule has 0 aliphatic carbocycles. The maximum Gasteiger partial charge on any atom is 0.289 e. The molecule has 2 heteroatoms. The van der Waals surface area contributed by atoms with E-state index in [4.69, 9.17) is 0 Å². The van der Waals surface area contributed by atoms with E-state index >= 15 is 0 Å². The van der Waals surface area contributed by atoms with Gasteiger partial charge in [0.2, 0.25) is 0 Å². The first-order valence-corrected chi connectivity index (χ1v) is 12.5. The highest BCUT2D eigenvalue weighted by atomic mass is 15.2. The fraction of sp³-hybridized carbons (Fsp3) is 0.500. The highest BCUT2D eigenvalue weighted by molar-refractivity contribution is 5.64. The molecule has 0 amide bonds. The van der Waals surface area contributed by atoms with E-state index in [-0.39, 0.29) is 0 Å². The number of imidazole rings is 1. The summed E-state index contributed by atoms with van der Waals surface area (Å²) in [5, 5.41) is 0. The Kier molecular flexibility index (Phi) is 7.98. The molecule has 2 aromatic carbocycles. The summed E-state index contributed by atoms with van der Waals surface area (Å²) in [6.07, 6.45) is 6.00. The van der Waals surface area contributed by atoms with E-state index in [0.717, 1.165) is 6.42 Å². The van der Waals surface area contributed by atoms with Crippen molar-refractivity contribution in [3.63, 3.8) is 0 Å². The van der Waals surface area contributed by atoms with Crippen molar-refractivity contribution in [3.05, 3.63) is 76.1 Å². The van der Waals surface area contributed by atoms with Crippen LogP contribution in [0.5, 0.6) is 0 Å². The SMILES string of the molecule is CCCCc1c(C)n(C)c(-c2c(C)cc(C(C)CC(CC)c3ccccc3)cc2C)[n+]1C. The summed E-state index contributed by atoms with van der Waals surface area (Å²) >= 11 is 0. The Morgan fingerprint density at radius 2 is 1.56 bits per heavy atom. The standard InChI is InChI=1S/C30H43N2/c1-9-11-17-28-24(6)31(7)30(32(28)8)29-22(4)19-27(20-23(29)5)21(3)18-25(10-2)26-15-13-12-14-16-26/h12-16,19-21,25H,9-11,17-18H2,1-8H3/q+1. The predicted molar refractivity (Wildman–Crippen MR) is 137 cm³/mol. The molecule has 32 heavy (non-hydrogen) atoms. The quantitative estimate of drug-likeness (QED) is 0.311. The van der Waals surface area contributed by atoms with Crippen molar-refractivity contribution >= 4 is 0 Å². The molecule has 0 spiro atoms. The summed E-state index contributed by atoms with van der Waals surface area (Å²) in [7, 11) is 4.47. The Bertz CT molecular complexity index is 1020. The van der Waals surface area contributed by atoms with Gasteiger partial charge >= 0.3 is 0 Å². The molecule has 0 bridgehead atoms. The topological polar surface area (TPSA) is 8.81 Å². The van der Waals surface area contributed by atoms with Crippen LogP contribution in [0.4, 0.5) is 0 Å². The number of aromatic nitrogens is 2. The van der Waals surface area contributed by atoms with E-state index in [1.807, 2.05) is 0 Å². The van der Waals surface area contributed by atoms with Crippen molar-refractivity contribution in [1.29, 1.82) is 0 Å². The van der Waals surface area contributed by atoms with Crippen molar-refractivity contribution in [2.24, 2.45) is 14.1 Å². The average molecular weight is 432 g/mol. The third-order valence-electron chi connectivity index (χ3n) is 7.48. The molecule has 0 aliphatic rings. The minimum absolute atomic E-state index is 0.538. The van der Waals surface area contributed by atoms with Crippen LogP contribution in [0.3, 0.4) is 0 Å². The number of rotatable bonds is 9. The highest BCUT2D eigenvalue weighted by Crippen LogP contribution is 2.35. The number of nitrogens with zero attached hydrogens (tertiary/aromatic N) is 2. The molecule has 1 heterocycles. The van der Waals surface area contributed by atoms with Crippen LogP contribution in [-0.2, 0) is 20.5 Å². The predicted octanol–water partition coefficient (Wildman–Crippen LogP) is 7.47. The largest absolute Gasteiger partial charge is 0.289 e. The van der Waals surface area contributed by atoms with Gasteiger partial charge in [-0.2, -0.15) is 0 Å². The normalized spacial score (nSPS) is 13.4. The fourth-order valence-corrected chi connectivity index (χ4v) is 5.44. The van der Waals surface area contributed by atoms with Gasteiger partial charge in [0, 0.05) is 13.3 Å². The first-order valence-electron chi connectivity index (χ1n) is 12.5. The number of unbranched alkanes of at least 4 members (excludes halogenated alkanes) is 1. The Balaban J connectivity index is 1.94. The van der Waals surface area contributed by atoms with E-state index in [1.54, 1.807) is 0 Å². The third-order valence-corrected chi connectivity index (χ3v) is 7.48. The number of hydrogen-bond acceptors (Lipinski definition) is 0. The summed E-state index contributed by atoms with van der Waals surface area (Å²) in [6, 6.07) is 15.9. The van der Waals surface area contributed by atoms with Crippen LogP contribution in [-0.4, -0.2) is 4.57 Å². The van der Waals surface area contributed by atoms with Gasteiger partial charge in [-0.3, -0.25) is 0 Å². The molecule has 2 nitrogen and oxygen atoms in total. The molecule has 1 aromatic heterocycles. The van der Waals surface area contributed by atoms with Crippen LogP contribution in [0.1, 0.15) is 91.9 Å². The molecule has 0 saturated carbocycles. The summed E-state index contributed by atoms with van der Waals surface area (Å²) in [4.78, 5) is 0. The molecule has 0 fully saturated rings. The molecule has 172 valence electrons. The Labute approximate surface area is 196 Å². The van der Waals surface area contributed by atoms with Crippen molar-refractivity contribution < 1.29 is 4.57 Å². The van der Waals surface area contributed by atoms with Gasteiger partial charge in [0.25, 0.3) is 5.82 Å². The van der Waals surface area contributed by atoms with Crippen molar-refractivity contribution in [3.8, 4) is 11.4 Å². The van der Waals surface area contributed by atoms with Gasteiger partial charge in [-0.15, -0.1) is 0 Å². The molecule has 0 saturated heterocycles. The second kappa shape index (κ2) is 10.5. The average Bonchev–Trinajstić information content (AvgIpc) is 2.99. The number of benzene rings is 2. The number of aryl methyl sites for hydroxylation is 2. The molecule has 0 aliphatic heterocycles.